The fraction of sp³-hybridized carbons (Fsp3) is 0.833. The van der Waals surface area contributed by atoms with Crippen molar-refractivity contribution in [2.24, 2.45) is 0 Å². The molecule has 2 heterocycles. The van der Waals surface area contributed by atoms with Crippen LogP contribution in [0.25, 0.3) is 0 Å². The molecule has 1 aromatic heterocycles. The van der Waals surface area contributed by atoms with Crippen LogP contribution in [-0.2, 0) is 25.3 Å². The van der Waals surface area contributed by atoms with Gasteiger partial charge in [-0.25, -0.2) is 8.96 Å². The molecule has 0 aromatic carbocycles. The molecule has 1 unspecified atom stereocenters. The normalized spacial score (nSPS) is 23.4. The summed E-state index contributed by atoms with van der Waals surface area (Å²) in [6.07, 6.45) is 3.51. The van der Waals surface area contributed by atoms with E-state index < -0.39 is 30.4 Å². The van der Waals surface area contributed by atoms with E-state index in [9.17, 15) is 13.5 Å². The van der Waals surface area contributed by atoms with Crippen molar-refractivity contribution >= 4 is 24.5 Å². The lowest BCUT2D eigenvalue weighted by Gasteiger charge is -2.39. The van der Waals surface area contributed by atoms with Crippen LogP contribution in [0.5, 0.6) is 0 Å². The number of hydrogen-bond donors (Lipinski definition) is 1. The third-order valence-electron chi connectivity index (χ3n) is 6.23. The average Bonchev–Trinajstić information content (AvgIpc) is 3.24. The third kappa shape index (κ3) is 3.82. The Balaban J connectivity index is 1.99. The first kappa shape index (κ1) is 21.9. The molecule has 3 rings (SSSR count). The van der Waals surface area contributed by atoms with Gasteiger partial charge in [0, 0.05) is 33.1 Å². The van der Waals surface area contributed by atoms with Crippen molar-refractivity contribution in [3.63, 3.8) is 0 Å². The summed E-state index contributed by atoms with van der Waals surface area (Å²) in [6.45, 7) is 9.59. The van der Waals surface area contributed by atoms with E-state index >= 15 is 0 Å². The number of aliphatic hydroxyl groups is 1. The Morgan fingerprint density at radius 2 is 1.71 bits per heavy atom. The van der Waals surface area contributed by atoms with Crippen molar-refractivity contribution in [2.75, 3.05) is 27.3 Å². The lowest BCUT2D eigenvalue weighted by Crippen LogP contribution is -2.46. The summed E-state index contributed by atoms with van der Waals surface area (Å²) in [5.74, 6) is -0.596. The summed E-state index contributed by atoms with van der Waals surface area (Å²) >= 11 is 0. The van der Waals surface area contributed by atoms with Gasteiger partial charge in [-0.15, -0.1) is 0 Å². The van der Waals surface area contributed by atoms with E-state index in [0.29, 0.717) is 50.0 Å². The van der Waals surface area contributed by atoms with Gasteiger partial charge in [0.05, 0.1) is 24.4 Å². The van der Waals surface area contributed by atoms with Gasteiger partial charge in [-0.05, 0) is 17.9 Å². The van der Waals surface area contributed by atoms with Crippen LogP contribution in [0.1, 0.15) is 52.1 Å². The van der Waals surface area contributed by atoms with Gasteiger partial charge in [0.1, 0.15) is 14.4 Å². The van der Waals surface area contributed by atoms with E-state index in [1.807, 2.05) is 0 Å². The van der Waals surface area contributed by atoms with Crippen LogP contribution in [0.15, 0.2) is 6.20 Å². The smallest absolute Gasteiger partial charge is 0.308 e. The van der Waals surface area contributed by atoms with Crippen LogP contribution < -0.4 is 5.45 Å². The second-order valence-electron chi connectivity index (χ2n) is 9.30. The largest absolute Gasteiger partial charge is 0.383 e. The minimum atomic E-state index is -3.72. The van der Waals surface area contributed by atoms with Gasteiger partial charge in [0.25, 0.3) is 0 Å². The molecule has 1 atom stereocenters. The Bertz CT molecular complexity index is 815. The van der Waals surface area contributed by atoms with Gasteiger partial charge in [-0.3, -0.25) is 0 Å². The number of nitrogens with zero attached hydrogens (tertiary/aromatic N) is 3. The van der Waals surface area contributed by atoms with E-state index in [2.05, 4.69) is 27.3 Å². The Morgan fingerprint density at radius 3 is 2.18 bits per heavy atom. The molecule has 1 saturated carbocycles. The molecular weight excluding hydrogens is 398 g/mol. The molecule has 1 saturated heterocycles. The maximum atomic E-state index is 12.9. The van der Waals surface area contributed by atoms with Gasteiger partial charge in [-0.2, -0.15) is 12.7 Å². The maximum Gasteiger partial charge on any atom is 0.308 e. The molecule has 10 heteroatoms. The lowest BCUT2D eigenvalue weighted by molar-refractivity contribution is -0.204. The van der Waals surface area contributed by atoms with Gasteiger partial charge >= 0.3 is 10.2 Å². The van der Waals surface area contributed by atoms with Crippen LogP contribution in [0.2, 0.25) is 11.6 Å². The Labute approximate surface area is 169 Å². The molecule has 0 radical (unpaired) electrons. The van der Waals surface area contributed by atoms with E-state index in [4.69, 9.17) is 14.5 Å². The number of aromatic nitrogens is 2. The van der Waals surface area contributed by atoms with Gasteiger partial charge in [-0.1, -0.05) is 27.3 Å². The fourth-order valence-corrected chi connectivity index (χ4v) is 7.02. The third-order valence-corrected chi connectivity index (χ3v) is 11.9. The minimum Gasteiger partial charge on any atom is -0.383 e. The highest BCUT2D eigenvalue weighted by Crippen LogP contribution is 2.44. The molecule has 2 aliphatic rings. The molecule has 1 N–H and O–H groups in total. The summed E-state index contributed by atoms with van der Waals surface area (Å²) in [5, 5.41) is 11.3. The van der Waals surface area contributed by atoms with Crippen LogP contribution in [0.4, 0.5) is 0 Å². The summed E-state index contributed by atoms with van der Waals surface area (Å²) in [4.78, 5) is 4.72. The molecule has 1 aliphatic carbocycles. The number of rotatable bonds is 4. The zero-order valence-corrected chi connectivity index (χ0v) is 19.7. The number of imidazole rings is 1. The summed E-state index contributed by atoms with van der Waals surface area (Å²) in [5.41, 5.74) is -0.156. The summed E-state index contributed by atoms with van der Waals surface area (Å²) in [6, 6.07) is 0. The zero-order chi connectivity index (χ0) is 21.0. The van der Waals surface area contributed by atoms with Crippen LogP contribution >= 0.6 is 0 Å². The predicted molar refractivity (Wildman–Crippen MR) is 110 cm³/mol. The number of ether oxygens (including phenoxy) is 2. The van der Waals surface area contributed by atoms with Crippen molar-refractivity contribution in [3.8, 4) is 0 Å². The highest BCUT2D eigenvalue weighted by atomic mass is 32.2. The van der Waals surface area contributed by atoms with Crippen molar-refractivity contribution in [1.29, 1.82) is 0 Å². The first-order valence-corrected chi connectivity index (χ1v) is 13.5. The fourth-order valence-electron chi connectivity index (χ4n) is 3.72. The molecule has 0 bridgehead atoms. The molecule has 1 aromatic rings. The lowest BCUT2D eigenvalue weighted by atomic mass is 9.79. The monoisotopic (exact) mass is 431 g/mol. The molecular formula is C18H33N3O5SSi. The van der Waals surface area contributed by atoms with Gasteiger partial charge in [0.15, 0.2) is 5.79 Å². The molecule has 1 aliphatic heterocycles. The van der Waals surface area contributed by atoms with Gasteiger partial charge < -0.3 is 14.6 Å². The predicted octanol–water partition coefficient (Wildman–Crippen LogP) is 0.906. The first-order chi connectivity index (χ1) is 12.8. The minimum absolute atomic E-state index is 0.0486. The Morgan fingerprint density at radius 1 is 1.18 bits per heavy atom. The highest BCUT2D eigenvalue weighted by Gasteiger charge is 2.48. The number of hydrogen-bond acceptors (Lipinski definition) is 6. The topological polar surface area (TPSA) is 93.9 Å². The van der Waals surface area contributed by atoms with Gasteiger partial charge in [0.2, 0.25) is 0 Å². The van der Waals surface area contributed by atoms with E-state index in [-0.39, 0.29) is 5.04 Å². The molecule has 1 spiro atoms. The molecule has 8 nitrogen and oxygen atoms in total. The summed E-state index contributed by atoms with van der Waals surface area (Å²) < 4.78 is 39.9. The average molecular weight is 432 g/mol. The Kier molecular flexibility index (Phi) is 5.61. The molecule has 0 amide bonds. The van der Waals surface area contributed by atoms with E-state index in [1.165, 1.54) is 28.6 Å². The van der Waals surface area contributed by atoms with Crippen molar-refractivity contribution in [1.82, 2.24) is 13.3 Å². The van der Waals surface area contributed by atoms with Crippen LogP contribution in [0.3, 0.4) is 0 Å². The molecule has 2 fully saturated rings. The zero-order valence-electron chi connectivity index (χ0n) is 17.7. The summed E-state index contributed by atoms with van der Waals surface area (Å²) in [7, 11) is -2.43. The quantitative estimate of drug-likeness (QED) is 0.712. The van der Waals surface area contributed by atoms with E-state index in [1.54, 1.807) is 0 Å². The SMILES string of the molecule is CN(C)S(=O)(=O)n1cc(C2(O)CCC3(CC2)OCCO3)nc1[SiH](C)C(C)(C)C. The van der Waals surface area contributed by atoms with Crippen molar-refractivity contribution in [3.05, 3.63) is 11.9 Å². The van der Waals surface area contributed by atoms with Crippen molar-refractivity contribution < 1.29 is 23.0 Å². The van der Waals surface area contributed by atoms with Crippen LogP contribution in [-0.4, -0.2) is 68.7 Å². The van der Waals surface area contributed by atoms with E-state index in [0.717, 1.165) is 0 Å². The standard InChI is InChI=1S/C18H33N3O5SSi/c1-16(2,3)28(6)15-19-14(13-21(15)27(23,24)20(4)5)17(22)7-9-18(10-8-17)25-11-12-26-18/h13,22,28H,7-12H2,1-6H3. The molecule has 160 valence electrons. The van der Waals surface area contributed by atoms with Crippen molar-refractivity contribution in [2.45, 2.75) is 69.4 Å². The highest BCUT2D eigenvalue weighted by molar-refractivity contribution is 7.87. The van der Waals surface area contributed by atoms with Crippen LogP contribution in [0, 0.1) is 0 Å². The Hall–Kier alpha value is -0.783. The second-order valence-corrected chi connectivity index (χ2v) is 15.0. The molecule has 28 heavy (non-hydrogen) atoms. The second kappa shape index (κ2) is 7.17. The maximum absolute atomic E-state index is 12.9. The first-order valence-electron chi connectivity index (χ1n) is 9.84.